The summed E-state index contributed by atoms with van der Waals surface area (Å²) in [7, 11) is 0. The Labute approximate surface area is 178 Å². The van der Waals surface area contributed by atoms with Crippen molar-refractivity contribution in [3.05, 3.63) is 35.5 Å². The Morgan fingerprint density at radius 2 is 1.97 bits per heavy atom. The molecule has 1 N–H and O–H groups in total. The summed E-state index contributed by atoms with van der Waals surface area (Å²) in [6, 6.07) is 0. The van der Waals surface area contributed by atoms with Crippen LogP contribution in [-0.2, 0) is 0 Å². The number of rotatable bonds is 6. The van der Waals surface area contributed by atoms with E-state index in [1.165, 1.54) is 51.4 Å². The predicted octanol–water partition coefficient (Wildman–Crippen LogP) is 7.57. The van der Waals surface area contributed by atoms with Crippen LogP contribution in [0.25, 0.3) is 0 Å². The number of halogens is 1. The van der Waals surface area contributed by atoms with Crippen molar-refractivity contribution in [1.82, 2.24) is 0 Å². The van der Waals surface area contributed by atoms with Crippen molar-refractivity contribution in [2.75, 3.05) is 0 Å². The third-order valence-electron chi connectivity index (χ3n) is 8.39. The van der Waals surface area contributed by atoms with E-state index in [9.17, 15) is 9.50 Å². The summed E-state index contributed by atoms with van der Waals surface area (Å²) >= 11 is 0. The van der Waals surface area contributed by atoms with E-state index >= 15 is 0 Å². The van der Waals surface area contributed by atoms with Crippen molar-refractivity contribution in [1.29, 1.82) is 0 Å². The Balaban J connectivity index is 1.71. The normalized spacial score (nSPS) is 39.3. The van der Waals surface area contributed by atoms with E-state index in [-0.39, 0.29) is 6.42 Å². The molecule has 6 atom stereocenters. The Kier molecular flexibility index (Phi) is 7.46. The highest BCUT2D eigenvalue weighted by molar-refractivity contribution is 5.38. The summed E-state index contributed by atoms with van der Waals surface area (Å²) in [5, 5.41) is 9.95. The van der Waals surface area contributed by atoms with E-state index in [1.54, 1.807) is 5.57 Å². The molecule has 0 spiro atoms. The smallest absolute Gasteiger partial charge is 0.127 e. The molecule has 29 heavy (non-hydrogen) atoms. The van der Waals surface area contributed by atoms with Gasteiger partial charge in [-0.05, 0) is 78.8 Å². The van der Waals surface area contributed by atoms with Gasteiger partial charge in [0.15, 0.2) is 0 Å². The maximum Gasteiger partial charge on any atom is 0.127 e. The summed E-state index contributed by atoms with van der Waals surface area (Å²) in [5.74, 6) is 3.12. The molecule has 164 valence electrons. The van der Waals surface area contributed by atoms with Gasteiger partial charge in [-0.3, -0.25) is 0 Å². The first-order valence-corrected chi connectivity index (χ1v) is 12.1. The van der Waals surface area contributed by atoms with Crippen LogP contribution in [0.5, 0.6) is 0 Å². The molecule has 3 rings (SSSR count). The molecule has 1 nitrogen and oxygen atoms in total. The number of hydrogen-bond acceptors (Lipinski definition) is 1. The third-order valence-corrected chi connectivity index (χ3v) is 8.39. The highest BCUT2D eigenvalue weighted by Crippen LogP contribution is 2.60. The molecule has 0 aromatic heterocycles. The van der Waals surface area contributed by atoms with Crippen molar-refractivity contribution in [2.45, 2.75) is 104 Å². The molecule has 3 saturated carbocycles. The number of allylic oxidation sites excluding steroid dienone is 4. The first-order valence-electron chi connectivity index (χ1n) is 12.1. The molecule has 0 aliphatic heterocycles. The van der Waals surface area contributed by atoms with Crippen molar-refractivity contribution in [3.63, 3.8) is 0 Å². The molecule has 3 fully saturated rings. The second-order valence-corrected chi connectivity index (χ2v) is 10.9. The Morgan fingerprint density at radius 1 is 1.21 bits per heavy atom. The summed E-state index contributed by atoms with van der Waals surface area (Å²) in [6.07, 6.45) is 14.0. The van der Waals surface area contributed by atoms with Gasteiger partial charge in [-0.1, -0.05) is 71.3 Å². The standard InChI is InChI=1S/C27H43FO/c1-18(2)8-6-9-19(3)24-13-14-25-21(10-7-15-27(24,25)5)11-12-22-16-23(29)17-26(28)20(22)4/h11-12,18-19,23-26,29H,4,6-10,13-17H2,1-3,5H3/b21-11+,22-12-/t19-,23+,24-,25+,26?,27-/m1/s1. The van der Waals surface area contributed by atoms with Crippen molar-refractivity contribution in [2.24, 2.45) is 29.1 Å². The molecule has 1 unspecified atom stereocenters. The fourth-order valence-corrected chi connectivity index (χ4v) is 6.70. The zero-order valence-corrected chi connectivity index (χ0v) is 19.2. The van der Waals surface area contributed by atoms with Gasteiger partial charge < -0.3 is 5.11 Å². The topological polar surface area (TPSA) is 20.2 Å². The van der Waals surface area contributed by atoms with E-state index < -0.39 is 12.3 Å². The van der Waals surface area contributed by atoms with Gasteiger partial charge in [0, 0.05) is 6.42 Å². The SMILES string of the molecule is C=C1/C(=C\C=C2/CCC[C@]3(C)[C@@H]([C@H](C)CCCC(C)C)CC[C@@H]23)C[C@H](O)CC1F. The lowest BCUT2D eigenvalue weighted by Crippen LogP contribution is -2.36. The predicted molar refractivity (Wildman–Crippen MR) is 121 cm³/mol. The molecule has 0 radical (unpaired) electrons. The minimum atomic E-state index is -1.09. The maximum atomic E-state index is 14.1. The van der Waals surface area contributed by atoms with Crippen LogP contribution in [-0.4, -0.2) is 17.4 Å². The summed E-state index contributed by atoms with van der Waals surface area (Å²) in [5.41, 5.74) is 3.47. The molecular formula is C27H43FO. The Hall–Kier alpha value is -0.890. The molecule has 3 aliphatic rings. The van der Waals surface area contributed by atoms with Gasteiger partial charge in [0.2, 0.25) is 0 Å². The number of alkyl halides is 1. The Morgan fingerprint density at radius 3 is 2.69 bits per heavy atom. The minimum Gasteiger partial charge on any atom is -0.393 e. The van der Waals surface area contributed by atoms with Crippen molar-refractivity contribution < 1.29 is 9.50 Å². The van der Waals surface area contributed by atoms with Crippen LogP contribution in [0, 0.1) is 29.1 Å². The number of aliphatic hydroxyl groups is 1. The monoisotopic (exact) mass is 402 g/mol. The van der Waals surface area contributed by atoms with Gasteiger partial charge in [0.25, 0.3) is 0 Å². The summed E-state index contributed by atoms with van der Waals surface area (Å²) in [4.78, 5) is 0. The molecule has 0 bridgehead atoms. The zero-order chi connectivity index (χ0) is 21.2. The molecule has 0 aromatic carbocycles. The molecule has 0 amide bonds. The van der Waals surface area contributed by atoms with Crippen molar-refractivity contribution in [3.8, 4) is 0 Å². The minimum absolute atomic E-state index is 0.198. The number of hydrogen-bond donors (Lipinski definition) is 1. The first-order chi connectivity index (χ1) is 13.7. The highest BCUT2D eigenvalue weighted by Gasteiger charge is 2.50. The fourth-order valence-electron chi connectivity index (χ4n) is 6.70. The summed E-state index contributed by atoms with van der Waals surface area (Å²) < 4.78 is 14.1. The molecule has 0 aromatic rings. The fraction of sp³-hybridized carbons (Fsp3) is 0.778. The lowest BCUT2D eigenvalue weighted by molar-refractivity contribution is 0.0928. The van der Waals surface area contributed by atoms with Crippen LogP contribution < -0.4 is 0 Å². The van der Waals surface area contributed by atoms with Gasteiger partial charge in [0.05, 0.1) is 6.10 Å². The number of fused-ring (bicyclic) bond motifs is 1. The lowest BCUT2D eigenvalue weighted by atomic mass is 9.60. The third kappa shape index (κ3) is 5.06. The average Bonchev–Trinajstić information content (AvgIpc) is 3.00. The first kappa shape index (κ1) is 22.8. The van der Waals surface area contributed by atoms with Crippen LogP contribution in [0.3, 0.4) is 0 Å². The lowest BCUT2D eigenvalue weighted by Gasteiger charge is -2.44. The van der Waals surface area contributed by atoms with Crippen LogP contribution in [0.1, 0.15) is 91.9 Å². The van der Waals surface area contributed by atoms with Crippen molar-refractivity contribution >= 4 is 0 Å². The van der Waals surface area contributed by atoms with E-state index in [4.69, 9.17) is 0 Å². The second-order valence-electron chi connectivity index (χ2n) is 10.9. The quantitative estimate of drug-likeness (QED) is 0.486. The maximum absolute atomic E-state index is 14.1. The van der Waals surface area contributed by atoms with E-state index in [1.807, 2.05) is 0 Å². The molecule has 3 aliphatic carbocycles. The molecule has 2 heteroatoms. The van der Waals surface area contributed by atoms with Gasteiger partial charge in [-0.15, -0.1) is 0 Å². The van der Waals surface area contributed by atoms with Gasteiger partial charge >= 0.3 is 0 Å². The van der Waals surface area contributed by atoms with Crippen LogP contribution in [0.15, 0.2) is 35.5 Å². The molecule has 0 saturated heterocycles. The van der Waals surface area contributed by atoms with Crippen LogP contribution in [0.2, 0.25) is 0 Å². The van der Waals surface area contributed by atoms with Gasteiger partial charge in [0.1, 0.15) is 6.17 Å². The largest absolute Gasteiger partial charge is 0.393 e. The van der Waals surface area contributed by atoms with E-state index in [0.717, 1.165) is 23.3 Å². The van der Waals surface area contributed by atoms with Crippen LogP contribution in [0.4, 0.5) is 4.39 Å². The zero-order valence-electron chi connectivity index (χ0n) is 19.2. The van der Waals surface area contributed by atoms with E-state index in [2.05, 4.69) is 46.4 Å². The highest BCUT2D eigenvalue weighted by atomic mass is 19.1. The number of aliphatic hydroxyl groups excluding tert-OH is 1. The second kappa shape index (κ2) is 9.50. The average molecular weight is 403 g/mol. The Bertz CT molecular complexity index is 645. The summed E-state index contributed by atoms with van der Waals surface area (Å²) in [6.45, 7) is 13.6. The van der Waals surface area contributed by atoms with Crippen LogP contribution >= 0.6 is 0 Å². The van der Waals surface area contributed by atoms with E-state index in [0.29, 0.717) is 23.3 Å². The van der Waals surface area contributed by atoms with Gasteiger partial charge in [-0.25, -0.2) is 4.39 Å². The van der Waals surface area contributed by atoms with Gasteiger partial charge in [-0.2, -0.15) is 0 Å². The molecular weight excluding hydrogens is 359 g/mol. The molecule has 0 heterocycles.